The lowest BCUT2D eigenvalue weighted by Crippen LogP contribution is -2.29. The second-order valence-corrected chi connectivity index (χ2v) is 9.39. The second kappa shape index (κ2) is 7.25. The Labute approximate surface area is 171 Å². The van der Waals surface area contributed by atoms with Crippen LogP contribution in [0.25, 0.3) is 22.4 Å². The molecule has 11 heteroatoms. The maximum absolute atomic E-state index is 13.2. The predicted octanol–water partition coefficient (Wildman–Crippen LogP) is 2.12. The fourth-order valence-corrected chi connectivity index (χ4v) is 5.88. The van der Waals surface area contributed by atoms with Crippen molar-refractivity contribution in [3.05, 3.63) is 48.5 Å². The first-order valence-electron chi connectivity index (χ1n) is 9.14. The van der Waals surface area contributed by atoms with E-state index < -0.39 is 10.0 Å². The topological polar surface area (TPSA) is 118 Å². The van der Waals surface area contributed by atoms with Crippen LogP contribution >= 0.6 is 11.7 Å². The molecular formula is C18H17N7O2S2. The largest absolute Gasteiger partial charge is 0.264 e. The van der Waals surface area contributed by atoms with E-state index in [1.807, 2.05) is 12.1 Å². The van der Waals surface area contributed by atoms with Crippen LogP contribution in [0.3, 0.4) is 0 Å². The van der Waals surface area contributed by atoms with Gasteiger partial charge in [0.25, 0.3) is 0 Å². The Morgan fingerprint density at radius 1 is 1.21 bits per heavy atom. The van der Waals surface area contributed by atoms with Gasteiger partial charge in [-0.15, -0.1) is 0 Å². The average molecular weight is 428 g/mol. The summed E-state index contributed by atoms with van der Waals surface area (Å²) in [6, 6.07) is 8.82. The van der Waals surface area contributed by atoms with Gasteiger partial charge >= 0.3 is 0 Å². The monoisotopic (exact) mass is 427 g/mol. The number of hydrogen-bond acceptors (Lipinski definition) is 8. The first-order chi connectivity index (χ1) is 14.1. The van der Waals surface area contributed by atoms with Crippen molar-refractivity contribution in [1.82, 2.24) is 33.2 Å². The fraction of sp³-hybridized carbons (Fsp3) is 0.278. The van der Waals surface area contributed by atoms with Gasteiger partial charge in [-0.25, -0.2) is 13.4 Å². The molecule has 9 nitrogen and oxygen atoms in total. The lowest BCUT2D eigenvalue weighted by atomic mass is 10.1. The summed E-state index contributed by atoms with van der Waals surface area (Å²) < 4.78 is 36.2. The van der Waals surface area contributed by atoms with Gasteiger partial charge in [0.2, 0.25) is 10.0 Å². The standard InChI is InChI=1S/C18H17N7O2S2/c26-29(27,15-5-1-4-14-17(15)24-28-23-14)25-8-6-12(11-25)9-16-20-18(22-21-16)13-3-2-7-19-10-13/h1-5,7,10,12H,6,8-9,11H2,(H,20,21,22). The molecule has 1 unspecified atom stereocenters. The summed E-state index contributed by atoms with van der Waals surface area (Å²) in [6.45, 7) is 0.920. The van der Waals surface area contributed by atoms with Gasteiger partial charge in [-0.3, -0.25) is 10.1 Å². The van der Waals surface area contributed by atoms with E-state index in [2.05, 4.69) is 28.9 Å². The number of aromatic nitrogens is 6. The number of hydrogen-bond donors (Lipinski definition) is 1. The Balaban J connectivity index is 1.32. The van der Waals surface area contributed by atoms with Crippen molar-refractivity contribution in [2.45, 2.75) is 17.7 Å². The van der Waals surface area contributed by atoms with E-state index >= 15 is 0 Å². The SMILES string of the molecule is O=S(=O)(c1cccc2nsnc12)N1CCC(Cc2nc(-c3cccnc3)n[nH]2)C1. The summed E-state index contributed by atoms with van der Waals surface area (Å²) in [5, 5.41) is 7.21. The number of nitrogens with zero attached hydrogens (tertiary/aromatic N) is 6. The number of H-pyrrole nitrogens is 1. The summed E-state index contributed by atoms with van der Waals surface area (Å²) in [5.74, 6) is 1.52. The van der Waals surface area contributed by atoms with Gasteiger partial charge in [0.15, 0.2) is 5.82 Å². The Hall–Kier alpha value is -2.76. The zero-order chi connectivity index (χ0) is 19.8. The van der Waals surface area contributed by atoms with E-state index in [1.54, 1.807) is 30.6 Å². The molecule has 0 spiro atoms. The first kappa shape index (κ1) is 18.3. The van der Waals surface area contributed by atoms with E-state index in [-0.39, 0.29) is 10.8 Å². The molecule has 4 heterocycles. The van der Waals surface area contributed by atoms with E-state index in [9.17, 15) is 8.42 Å². The third-order valence-electron chi connectivity index (χ3n) is 5.05. The fourth-order valence-electron chi connectivity index (χ4n) is 3.59. The van der Waals surface area contributed by atoms with Crippen LogP contribution in [0, 0.1) is 5.92 Å². The van der Waals surface area contributed by atoms with Crippen LogP contribution in [0.4, 0.5) is 0 Å². The van der Waals surface area contributed by atoms with Crippen LogP contribution in [0.1, 0.15) is 12.2 Å². The van der Waals surface area contributed by atoms with Gasteiger partial charge in [-0.1, -0.05) is 6.07 Å². The minimum Gasteiger partial charge on any atom is -0.264 e. The molecule has 0 radical (unpaired) electrons. The molecule has 29 heavy (non-hydrogen) atoms. The molecule has 1 aliphatic rings. The van der Waals surface area contributed by atoms with Gasteiger partial charge in [0.1, 0.15) is 21.8 Å². The average Bonchev–Trinajstić information content (AvgIpc) is 3.49. The number of pyridine rings is 1. The smallest absolute Gasteiger partial charge is 0.245 e. The van der Waals surface area contributed by atoms with E-state index in [4.69, 9.17) is 0 Å². The minimum absolute atomic E-state index is 0.173. The Morgan fingerprint density at radius 2 is 2.14 bits per heavy atom. The number of sulfonamides is 1. The lowest BCUT2D eigenvalue weighted by Gasteiger charge is -2.16. The summed E-state index contributed by atoms with van der Waals surface area (Å²) in [5.41, 5.74) is 1.89. The highest BCUT2D eigenvalue weighted by atomic mass is 32.2. The highest BCUT2D eigenvalue weighted by Gasteiger charge is 2.34. The van der Waals surface area contributed by atoms with Crippen molar-refractivity contribution in [2.75, 3.05) is 13.1 Å². The molecule has 1 aromatic carbocycles. The number of rotatable bonds is 5. The van der Waals surface area contributed by atoms with Crippen molar-refractivity contribution >= 4 is 32.8 Å². The van der Waals surface area contributed by atoms with Gasteiger partial charge in [0.05, 0.1) is 11.7 Å². The number of benzene rings is 1. The van der Waals surface area contributed by atoms with Gasteiger partial charge in [-0.2, -0.15) is 18.2 Å². The molecule has 148 valence electrons. The van der Waals surface area contributed by atoms with Gasteiger partial charge < -0.3 is 0 Å². The summed E-state index contributed by atoms with van der Waals surface area (Å²) >= 11 is 1.02. The van der Waals surface area contributed by atoms with Crippen molar-refractivity contribution in [2.24, 2.45) is 5.92 Å². The minimum atomic E-state index is -3.62. The molecule has 1 saturated heterocycles. The molecule has 0 bridgehead atoms. The molecule has 5 rings (SSSR count). The van der Waals surface area contributed by atoms with E-state index in [0.29, 0.717) is 36.4 Å². The molecule has 3 aromatic heterocycles. The van der Waals surface area contributed by atoms with Crippen molar-refractivity contribution in [3.63, 3.8) is 0 Å². The summed E-state index contributed by atoms with van der Waals surface area (Å²) in [6.07, 6.45) is 4.83. The van der Waals surface area contributed by atoms with Crippen LogP contribution in [0.15, 0.2) is 47.6 Å². The molecule has 1 N–H and O–H groups in total. The highest BCUT2D eigenvalue weighted by Crippen LogP contribution is 2.29. The molecule has 0 saturated carbocycles. The van der Waals surface area contributed by atoms with Crippen LogP contribution in [0.2, 0.25) is 0 Å². The summed E-state index contributed by atoms with van der Waals surface area (Å²) in [7, 11) is -3.62. The third kappa shape index (κ3) is 3.41. The Kier molecular flexibility index (Phi) is 4.57. The highest BCUT2D eigenvalue weighted by molar-refractivity contribution is 7.89. The van der Waals surface area contributed by atoms with Gasteiger partial charge in [0, 0.05) is 37.5 Å². The van der Waals surface area contributed by atoms with Crippen molar-refractivity contribution in [3.8, 4) is 11.4 Å². The lowest BCUT2D eigenvalue weighted by molar-refractivity contribution is 0.454. The van der Waals surface area contributed by atoms with Gasteiger partial charge in [-0.05, 0) is 36.6 Å². The molecule has 0 aliphatic carbocycles. The quantitative estimate of drug-likeness (QED) is 0.518. The van der Waals surface area contributed by atoms with Crippen molar-refractivity contribution in [1.29, 1.82) is 0 Å². The van der Waals surface area contributed by atoms with Crippen LogP contribution < -0.4 is 0 Å². The molecule has 1 fully saturated rings. The number of aromatic amines is 1. The van der Waals surface area contributed by atoms with Crippen LogP contribution in [-0.2, 0) is 16.4 Å². The zero-order valence-corrected chi connectivity index (χ0v) is 16.9. The Morgan fingerprint density at radius 3 is 3.00 bits per heavy atom. The first-order valence-corrected chi connectivity index (χ1v) is 11.3. The second-order valence-electron chi connectivity index (χ2n) is 6.96. The molecular weight excluding hydrogens is 410 g/mol. The van der Waals surface area contributed by atoms with Crippen LogP contribution in [0.5, 0.6) is 0 Å². The maximum Gasteiger partial charge on any atom is 0.245 e. The molecule has 0 amide bonds. The predicted molar refractivity (Wildman–Crippen MR) is 108 cm³/mol. The van der Waals surface area contributed by atoms with E-state index in [1.165, 1.54) is 4.31 Å². The van der Waals surface area contributed by atoms with Crippen molar-refractivity contribution < 1.29 is 8.42 Å². The van der Waals surface area contributed by atoms with E-state index in [0.717, 1.165) is 29.5 Å². The van der Waals surface area contributed by atoms with Crippen LogP contribution in [-0.4, -0.2) is 54.7 Å². The summed E-state index contributed by atoms with van der Waals surface area (Å²) in [4.78, 5) is 8.84. The number of fused-ring (bicyclic) bond motifs is 1. The molecule has 1 atom stereocenters. The normalized spacial score (nSPS) is 17.9. The zero-order valence-electron chi connectivity index (χ0n) is 15.3. The molecule has 4 aromatic rings. The third-order valence-corrected chi connectivity index (χ3v) is 7.49. The number of nitrogens with one attached hydrogen (secondary N) is 1. The Bertz CT molecular complexity index is 1250. The molecule has 1 aliphatic heterocycles. The maximum atomic E-state index is 13.2.